The number of furan rings is 1. The molecule has 3 nitrogen and oxygen atoms in total. The highest BCUT2D eigenvalue weighted by atomic mass is 79.9. The van der Waals surface area contributed by atoms with Crippen LogP contribution in [0.5, 0.6) is 0 Å². The van der Waals surface area contributed by atoms with Crippen LogP contribution in [0.2, 0.25) is 0 Å². The summed E-state index contributed by atoms with van der Waals surface area (Å²) in [5.41, 5.74) is 4.07. The largest absolute Gasteiger partial charge is 0.469 e. The molecule has 1 aliphatic rings. The monoisotopic (exact) mass is 319 g/mol. The van der Waals surface area contributed by atoms with Gasteiger partial charge in [-0.2, -0.15) is 0 Å². The summed E-state index contributed by atoms with van der Waals surface area (Å²) >= 11 is 3.68. The molecule has 1 amide bonds. The molecule has 2 aromatic rings. The van der Waals surface area contributed by atoms with Crippen molar-refractivity contribution in [2.75, 3.05) is 6.54 Å². The number of hydrogen-bond acceptors (Lipinski definition) is 2. The third-order valence-corrected chi connectivity index (χ3v) is 4.55. The Hall–Kier alpha value is -1.55. The third kappa shape index (κ3) is 2.21. The van der Waals surface area contributed by atoms with Crippen LogP contribution in [-0.2, 0) is 6.42 Å². The molecule has 1 aromatic carbocycles. The first-order chi connectivity index (χ1) is 9.16. The summed E-state index contributed by atoms with van der Waals surface area (Å²) in [5.74, 6) is 0.913. The third-order valence-electron chi connectivity index (χ3n) is 3.52. The molecule has 1 N–H and O–H groups in total. The van der Waals surface area contributed by atoms with Crippen LogP contribution in [0.4, 0.5) is 0 Å². The van der Waals surface area contributed by atoms with Crippen molar-refractivity contribution in [3.63, 3.8) is 0 Å². The van der Waals surface area contributed by atoms with Crippen LogP contribution in [0.3, 0.4) is 0 Å². The summed E-state index contributed by atoms with van der Waals surface area (Å²) in [7, 11) is 0. The normalized spacial score (nSPS) is 15.8. The molecule has 98 valence electrons. The molecule has 4 heteroatoms. The van der Waals surface area contributed by atoms with Gasteiger partial charge in [0.05, 0.1) is 11.1 Å². The zero-order valence-corrected chi connectivity index (χ0v) is 12.2. The maximum Gasteiger partial charge on any atom is 0.251 e. The molecule has 0 saturated heterocycles. The summed E-state index contributed by atoms with van der Waals surface area (Å²) in [6.45, 7) is 2.67. The first-order valence-electron chi connectivity index (χ1n) is 6.26. The molecule has 19 heavy (non-hydrogen) atoms. The Bertz CT molecular complexity index is 633. The molecule has 0 radical (unpaired) electrons. The van der Waals surface area contributed by atoms with Gasteiger partial charge < -0.3 is 9.73 Å². The minimum Gasteiger partial charge on any atom is -0.469 e. The maximum atomic E-state index is 11.9. The van der Waals surface area contributed by atoms with Crippen molar-refractivity contribution in [3.8, 4) is 0 Å². The fraction of sp³-hybridized carbons (Fsp3) is 0.267. The van der Waals surface area contributed by atoms with E-state index < -0.39 is 0 Å². The van der Waals surface area contributed by atoms with Gasteiger partial charge in [0, 0.05) is 17.7 Å². The van der Waals surface area contributed by atoms with Crippen LogP contribution in [0.1, 0.15) is 37.6 Å². The Morgan fingerprint density at radius 1 is 1.37 bits per heavy atom. The van der Waals surface area contributed by atoms with Gasteiger partial charge in [0.15, 0.2) is 0 Å². The second-order valence-electron chi connectivity index (χ2n) is 4.72. The van der Waals surface area contributed by atoms with Gasteiger partial charge in [0.1, 0.15) is 5.76 Å². The van der Waals surface area contributed by atoms with Crippen LogP contribution < -0.4 is 5.32 Å². The average Bonchev–Trinajstić information content (AvgIpc) is 2.84. The van der Waals surface area contributed by atoms with E-state index in [2.05, 4.69) is 27.3 Å². The van der Waals surface area contributed by atoms with Crippen molar-refractivity contribution >= 4 is 21.8 Å². The lowest BCUT2D eigenvalue weighted by Crippen LogP contribution is -2.31. The molecule has 2 heterocycles. The number of carbonyl (C=O) groups is 1. The fourth-order valence-electron chi connectivity index (χ4n) is 2.42. The molecule has 1 atom stereocenters. The molecular weight excluding hydrogens is 306 g/mol. The van der Waals surface area contributed by atoms with Gasteiger partial charge in [-0.15, -0.1) is 0 Å². The standard InChI is InChI=1S/C15H14BrNO2/c1-9-12(5-7-19-9)14(16)11-3-2-10-4-6-17-15(18)13(10)8-11/h2-3,5,7-8,14H,4,6H2,1H3,(H,17,18). The van der Waals surface area contributed by atoms with Crippen LogP contribution in [-0.4, -0.2) is 12.5 Å². The summed E-state index contributed by atoms with van der Waals surface area (Å²) in [4.78, 5) is 11.9. The number of aryl methyl sites for hydroxylation is 1. The van der Waals surface area contributed by atoms with E-state index in [1.165, 1.54) is 0 Å². The van der Waals surface area contributed by atoms with E-state index in [1.807, 2.05) is 25.1 Å². The van der Waals surface area contributed by atoms with Crippen LogP contribution in [0.25, 0.3) is 0 Å². The van der Waals surface area contributed by atoms with Crippen molar-refractivity contribution in [2.24, 2.45) is 0 Å². The number of carbonyl (C=O) groups excluding carboxylic acids is 1. The number of benzene rings is 1. The van der Waals surface area contributed by atoms with Gasteiger partial charge in [-0.3, -0.25) is 4.79 Å². The van der Waals surface area contributed by atoms with Crippen LogP contribution >= 0.6 is 15.9 Å². The number of nitrogens with one attached hydrogen (secondary N) is 1. The van der Waals surface area contributed by atoms with Gasteiger partial charge in [0.2, 0.25) is 0 Å². The van der Waals surface area contributed by atoms with Crippen LogP contribution in [0, 0.1) is 6.92 Å². The van der Waals surface area contributed by atoms with E-state index in [1.54, 1.807) is 6.26 Å². The highest BCUT2D eigenvalue weighted by Gasteiger charge is 2.20. The van der Waals surface area contributed by atoms with Gasteiger partial charge in [-0.1, -0.05) is 28.1 Å². The number of amides is 1. The molecule has 0 bridgehead atoms. The molecule has 1 unspecified atom stereocenters. The molecule has 0 aliphatic carbocycles. The lowest BCUT2D eigenvalue weighted by atomic mass is 9.95. The van der Waals surface area contributed by atoms with Gasteiger partial charge in [0.25, 0.3) is 5.91 Å². The van der Waals surface area contributed by atoms with Crippen molar-refractivity contribution in [1.29, 1.82) is 0 Å². The lowest BCUT2D eigenvalue weighted by Gasteiger charge is -2.18. The fourth-order valence-corrected chi connectivity index (χ4v) is 3.18. The van der Waals surface area contributed by atoms with Crippen molar-refractivity contribution < 1.29 is 9.21 Å². The molecule has 0 saturated carbocycles. The number of alkyl halides is 1. The van der Waals surface area contributed by atoms with Crippen LogP contribution in [0.15, 0.2) is 34.9 Å². The second-order valence-corrected chi connectivity index (χ2v) is 5.63. The SMILES string of the molecule is Cc1occc1C(Br)c1ccc2c(c1)C(=O)NCC2. The summed E-state index contributed by atoms with van der Waals surface area (Å²) in [6.07, 6.45) is 2.59. The average molecular weight is 320 g/mol. The van der Waals surface area contributed by atoms with Gasteiger partial charge >= 0.3 is 0 Å². The topological polar surface area (TPSA) is 42.2 Å². The zero-order valence-electron chi connectivity index (χ0n) is 10.6. The highest BCUT2D eigenvalue weighted by Crippen LogP contribution is 2.34. The smallest absolute Gasteiger partial charge is 0.251 e. The molecule has 0 fully saturated rings. The van der Waals surface area contributed by atoms with E-state index in [0.29, 0.717) is 0 Å². The van der Waals surface area contributed by atoms with E-state index >= 15 is 0 Å². The first kappa shape index (κ1) is 12.5. The summed E-state index contributed by atoms with van der Waals surface area (Å²) < 4.78 is 5.33. The summed E-state index contributed by atoms with van der Waals surface area (Å²) in [5, 5.41) is 2.88. The van der Waals surface area contributed by atoms with E-state index in [-0.39, 0.29) is 10.7 Å². The Labute approximate surface area is 120 Å². The van der Waals surface area contributed by atoms with E-state index in [9.17, 15) is 4.79 Å². The Balaban J connectivity index is 2.00. The molecule has 1 aromatic heterocycles. The highest BCUT2D eigenvalue weighted by molar-refractivity contribution is 9.09. The van der Waals surface area contributed by atoms with Gasteiger partial charge in [-0.05, 0) is 36.6 Å². The number of fused-ring (bicyclic) bond motifs is 1. The number of hydrogen-bond donors (Lipinski definition) is 1. The molecular formula is C15H14BrNO2. The Morgan fingerprint density at radius 3 is 2.95 bits per heavy atom. The zero-order chi connectivity index (χ0) is 13.4. The Morgan fingerprint density at radius 2 is 2.21 bits per heavy atom. The quantitative estimate of drug-likeness (QED) is 0.862. The van der Waals surface area contributed by atoms with E-state index in [0.717, 1.165) is 41.0 Å². The predicted molar refractivity (Wildman–Crippen MR) is 76.7 cm³/mol. The minimum absolute atomic E-state index is 0.0201. The van der Waals surface area contributed by atoms with Gasteiger partial charge in [-0.25, -0.2) is 0 Å². The minimum atomic E-state index is 0.0201. The lowest BCUT2D eigenvalue weighted by molar-refractivity contribution is 0.0946. The second kappa shape index (κ2) is 4.85. The molecule has 1 aliphatic heterocycles. The maximum absolute atomic E-state index is 11.9. The Kier molecular flexibility index (Phi) is 3.19. The predicted octanol–water partition coefficient (Wildman–Crippen LogP) is 3.36. The molecule has 0 spiro atoms. The number of halogens is 1. The number of rotatable bonds is 2. The molecule has 3 rings (SSSR count). The van der Waals surface area contributed by atoms with Crippen molar-refractivity contribution in [2.45, 2.75) is 18.2 Å². The first-order valence-corrected chi connectivity index (χ1v) is 7.17. The van der Waals surface area contributed by atoms with E-state index in [4.69, 9.17) is 4.42 Å². The summed E-state index contributed by atoms with van der Waals surface area (Å²) in [6, 6.07) is 8.04. The van der Waals surface area contributed by atoms with Crippen molar-refractivity contribution in [1.82, 2.24) is 5.32 Å². The van der Waals surface area contributed by atoms with Crippen molar-refractivity contribution in [3.05, 3.63) is 58.5 Å².